The fourth-order valence-electron chi connectivity index (χ4n) is 3.95. The number of anilines is 1. The lowest BCUT2D eigenvalue weighted by Gasteiger charge is -2.21. The summed E-state index contributed by atoms with van der Waals surface area (Å²) in [6.45, 7) is 3.68. The molecule has 1 N–H and O–H groups in total. The zero-order chi connectivity index (χ0) is 21.1. The van der Waals surface area contributed by atoms with Gasteiger partial charge in [0.1, 0.15) is 0 Å². The van der Waals surface area contributed by atoms with Crippen LogP contribution in [0.1, 0.15) is 53.9 Å². The first kappa shape index (κ1) is 20.1. The Kier molecular flexibility index (Phi) is 5.79. The second kappa shape index (κ2) is 8.66. The van der Waals surface area contributed by atoms with Crippen molar-refractivity contribution in [2.24, 2.45) is 0 Å². The highest BCUT2D eigenvalue weighted by atomic mass is 16.5. The lowest BCUT2D eigenvalue weighted by molar-refractivity contribution is -0.123. The van der Waals surface area contributed by atoms with Gasteiger partial charge in [0.2, 0.25) is 0 Å². The summed E-state index contributed by atoms with van der Waals surface area (Å²) in [5.41, 5.74) is 5.17. The van der Waals surface area contributed by atoms with Gasteiger partial charge in [-0.15, -0.1) is 0 Å². The Labute approximate surface area is 176 Å². The standard InChI is InChI=1S/C25H26N2O3/c1-3-17-12-14-18(15-13-17)26-24(28)16(2)30-25(29)23-19-8-4-6-10-21(19)27-22-11-7-5-9-20(22)23/h4,6,8,10,12-16H,3,5,7,9,11H2,1-2H3,(H,26,28). The van der Waals surface area contributed by atoms with Crippen LogP contribution in [0.3, 0.4) is 0 Å². The molecule has 1 unspecified atom stereocenters. The minimum Gasteiger partial charge on any atom is -0.449 e. The van der Waals surface area contributed by atoms with Gasteiger partial charge in [0.05, 0.1) is 11.1 Å². The molecular weight excluding hydrogens is 376 g/mol. The maximum atomic E-state index is 13.2. The number of esters is 1. The number of ether oxygens (including phenoxy) is 1. The van der Waals surface area contributed by atoms with Gasteiger partial charge in [-0.2, -0.15) is 0 Å². The Hall–Kier alpha value is -3.21. The second-order valence-corrected chi connectivity index (χ2v) is 7.72. The average Bonchev–Trinajstić information content (AvgIpc) is 2.77. The molecule has 1 heterocycles. The number of carbonyl (C=O) groups is 2. The van der Waals surface area contributed by atoms with Gasteiger partial charge in [-0.05, 0) is 68.4 Å². The van der Waals surface area contributed by atoms with E-state index >= 15 is 0 Å². The highest BCUT2D eigenvalue weighted by Crippen LogP contribution is 2.30. The van der Waals surface area contributed by atoms with Crippen molar-refractivity contribution >= 4 is 28.5 Å². The number of benzene rings is 2. The summed E-state index contributed by atoms with van der Waals surface area (Å²) in [7, 11) is 0. The van der Waals surface area contributed by atoms with E-state index < -0.39 is 12.1 Å². The van der Waals surface area contributed by atoms with Crippen LogP contribution in [-0.2, 0) is 28.8 Å². The van der Waals surface area contributed by atoms with Crippen LogP contribution in [0, 0.1) is 0 Å². The molecule has 5 nitrogen and oxygen atoms in total. The van der Waals surface area contributed by atoms with Gasteiger partial charge in [-0.1, -0.05) is 37.3 Å². The molecule has 0 radical (unpaired) electrons. The third kappa shape index (κ3) is 4.06. The first-order valence-corrected chi connectivity index (χ1v) is 10.6. The van der Waals surface area contributed by atoms with Crippen LogP contribution in [-0.4, -0.2) is 23.0 Å². The van der Waals surface area contributed by atoms with Crippen LogP contribution in [0.15, 0.2) is 48.5 Å². The summed E-state index contributed by atoms with van der Waals surface area (Å²) in [6, 6.07) is 15.3. The minimum absolute atomic E-state index is 0.347. The number of fused-ring (bicyclic) bond motifs is 2. The lowest BCUT2D eigenvalue weighted by atomic mass is 9.90. The quantitative estimate of drug-likeness (QED) is 0.619. The SMILES string of the molecule is CCc1ccc(NC(=O)C(C)OC(=O)c2c3c(nc4ccccc24)CCCC3)cc1. The predicted octanol–water partition coefficient (Wildman–Crippen LogP) is 4.86. The largest absolute Gasteiger partial charge is 0.449 e. The molecule has 0 saturated carbocycles. The summed E-state index contributed by atoms with van der Waals surface area (Å²) in [6.07, 6.45) is 3.80. The number of hydrogen-bond donors (Lipinski definition) is 1. The molecule has 1 amide bonds. The molecule has 5 heteroatoms. The maximum absolute atomic E-state index is 13.2. The number of aryl methyl sites for hydroxylation is 2. The van der Waals surface area contributed by atoms with Gasteiger partial charge < -0.3 is 10.1 Å². The molecule has 1 atom stereocenters. The lowest BCUT2D eigenvalue weighted by Crippen LogP contribution is -2.30. The molecule has 1 aliphatic rings. The number of carbonyl (C=O) groups excluding carboxylic acids is 2. The van der Waals surface area contributed by atoms with Crippen LogP contribution in [0.5, 0.6) is 0 Å². The zero-order valence-electron chi connectivity index (χ0n) is 17.4. The summed E-state index contributed by atoms with van der Waals surface area (Å²) in [5, 5.41) is 3.60. The van der Waals surface area contributed by atoms with E-state index in [1.807, 2.05) is 48.5 Å². The number of rotatable bonds is 5. The van der Waals surface area contributed by atoms with Crippen molar-refractivity contribution in [3.8, 4) is 0 Å². The fraction of sp³-hybridized carbons (Fsp3) is 0.320. The summed E-state index contributed by atoms with van der Waals surface area (Å²) >= 11 is 0. The fourth-order valence-corrected chi connectivity index (χ4v) is 3.95. The Morgan fingerprint density at radius 2 is 1.80 bits per heavy atom. The smallest absolute Gasteiger partial charge is 0.339 e. The third-order valence-corrected chi connectivity index (χ3v) is 5.66. The molecule has 0 aliphatic heterocycles. The molecule has 1 aliphatic carbocycles. The molecule has 1 aromatic heterocycles. The zero-order valence-corrected chi connectivity index (χ0v) is 17.4. The van der Waals surface area contributed by atoms with E-state index in [1.54, 1.807) is 6.92 Å². The van der Waals surface area contributed by atoms with E-state index in [0.29, 0.717) is 11.3 Å². The Morgan fingerprint density at radius 3 is 2.57 bits per heavy atom. The van der Waals surface area contributed by atoms with Gasteiger partial charge >= 0.3 is 5.97 Å². The van der Waals surface area contributed by atoms with E-state index in [9.17, 15) is 9.59 Å². The van der Waals surface area contributed by atoms with E-state index in [4.69, 9.17) is 9.72 Å². The predicted molar refractivity (Wildman–Crippen MR) is 118 cm³/mol. The molecule has 30 heavy (non-hydrogen) atoms. The van der Waals surface area contributed by atoms with Crippen LogP contribution >= 0.6 is 0 Å². The Morgan fingerprint density at radius 1 is 1.07 bits per heavy atom. The van der Waals surface area contributed by atoms with Crippen LogP contribution in [0.2, 0.25) is 0 Å². The molecule has 4 rings (SSSR count). The molecule has 3 aromatic rings. The van der Waals surface area contributed by atoms with E-state index in [1.165, 1.54) is 5.56 Å². The van der Waals surface area contributed by atoms with Crippen LogP contribution in [0.4, 0.5) is 5.69 Å². The highest BCUT2D eigenvalue weighted by Gasteiger charge is 2.26. The first-order chi connectivity index (χ1) is 14.6. The molecule has 0 fully saturated rings. The number of aromatic nitrogens is 1. The Balaban J connectivity index is 1.55. The highest BCUT2D eigenvalue weighted by molar-refractivity contribution is 6.06. The number of nitrogens with zero attached hydrogens (tertiary/aromatic N) is 1. The van der Waals surface area contributed by atoms with Gasteiger partial charge in [-0.25, -0.2) is 4.79 Å². The summed E-state index contributed by atoms with van der Waals surface area (Å²) in [5.74, 6) is -0.810. The van der Waals surface area contributed by atoms with Gasteiger partial charge in [0, 0.05) is 16.8 Å². The molecule has 0 spiro atoms. The number of pyridine rings is 1. The molecule has 154 valence electrons. The van der Waals surface area contributed by atoms with Crippen molar-refractivity contribution in [1.82, 2.24) is 4.98 Å². The first-order valence-electron chi connectivity index (χ1n) is 10.6. The van der Waals surface area contributed by atoms with Crippen LogP contribution < -0.4 is 5.32 Å². The molecule has 0 bridgehead atoms. The Bertz CT molecular complexity index is 1090. The number of hydrogen-bond acceptors (Lipinski definition) is 4. The van der Waals surface area contributed by atoms with Crippen molar-refractivity contribution in [1.29, 1.82) is 0 Å². The summed E-state index contributed by atoms with van der Waals surface area (Å²) in [4.78, 5) is 30.5. The average molecular weight is 402 g/mol. The molecular formula is C25H26N2O3. The van der Waals surface area contributed by atoms with Crippen molar-refractivity contribution < 1.29 is 14.3 Å². The van der Waals surface area contributed by atoms with Crippen molar-refractivity contribution in [3.05, 3.63) is 70.9 Å². The van der Waals surface area contributed by atoms with Gasteiger partial charge in [0.25, 0.3) is 5.91 Å². The normalized spacial score (nSPS) is 14.1. The van der Waals surface area contributed by atoms with E-state index in [-0.39, 0.29) is 5.91 Å². The van der Waals surface area contributed by atoms with E-state index in [0.717, 1.165) is 54.3 Å². The number of para-hydroxylation sites is 1. The minimum atomic E-state index is -0.908. The number of nitrogens with one attached hydrogen (secondary N) is 1. The van der Waals surface area contributed by atoms with Crippen molar-refractivity contribution in [2.45, 2.75) is 52.1 Å². The number of amides is 1. The molecule has 2 aromatic carbocycles. The van der Waals surface area contributed by atoms with Crippen molar-refractivity contribution in [2.75, 3.05) is 5.32 Å². The third-order valence-electron chi connectivity index (χ3n) is 5.66. The van der Waals surface area contributed by atoms with Crippen LogP contribution in [0.25, 0.3) is 10.9 Å². The van der Waals surface area contributed by atoms with Crippen molar-refractivity contribution in [3.63, 3.8) is 0 Å². The van der Waals surface area contributed by atoms with E-state index in [2.05, 4.69) is 12.2 Å². The van der Waals surface area contributed by atoms with Gasteiger partial charge in [0.15, 0.2) is 6.10 Å². The summed E-state index contributed by atoms with van der Waals surface area (Å²) < 4.78 is 5.61. The topological polar surface area (TPSA) is 68.3 Å². The maximum Gasteiger partial charge on any atom is 0.339 e. The van der Waals surface area contributed by atoms with Gasteiger partial charge in [-0.3, -0.25) is 9.78 Å². The monoisotopic (exact) mass is 402 g/mol. The molecule has 0 saturated heterocycles. The second-order valence-electron chi connectivity index (χ2n) is 7.72.